The maximum absolute atomic E-state index is 6.52. The molecule has 0 heterocycles. The van der Waals surface area contributed by atoms with Crippen molar-refractivity contribution in [3.63, 3.8) is 0 Å². The third-order valence-electron chi connectivity index (χ3n) is 4.66. The van der Waals surface area contributed by atoms with Crippen molar-refractivity contribution in [2.75, 3.05) is 7.05 Å². The SMILES string of the molecule is CN(PP)C1CCC(O[Si](C)(C)C(C)(C)C)CC1. The van der Waals surface area contributed by atoms with E-state index in [1.54, 1.807) is 0 Å². The van der Waals surface area contributed by atoms with Crippen molar-refractivity contribution in [2.45, 2.75) is 76.7 Å². The average molecular weight is 307 g/mol. The van der Waals surface area contributed by atoms with Crippen LogP contribution in [0.15, 0.2) is 0 Å². The predicted octanol–water partition coefficient (Wildman–Crippen LogP) is 4.63. The molecule has 0 aliphatic heterocycles. The third kappa shape index (κ3) is 4.53. The highest BCUT2D eigenvalue weighted by Crippen LogP contribution is 2.40. The monoisotopic (exact) mass is 307 g/mol. The van der Waals surface area contributed by atoms with Gasteiger partial charge in [-0.2, -0.15) is 0 Å². The first-order valence-electron chi connectivity index (χ1n) is 7.04. The van der Waals surface area contributed by atoms with E-state index in [0.717, 1.165) is 14.5 Å². The molecule has 2 unspecified atom stereocenters. The van der Waals surface area contributed by atoms with Crippen LogP contribution in [0.5, 0.6) is 0 Å². The van der Waals surface area contributed by atoms with Crippen molar-refractivity contribution in [1.29, 1.82) is 0 Å². The topological polar surface area (TPSA) is 12.5 Å². The van der Waals surface area contributed by atoms with E-state index >= 15 is 0 Å². The van der Waals surface area contributed by atoms with Gasteiger partial charge >= 0.3 is 0 Å². The molecule has 1 aliphatic rings. The summed E-state index contributed by atoms with van der Waals surface area (Å²) < 4.78 is 9.00. The van der Waals surface area contributed by atoms with Crippen LogP contribution in [0, 0.1) is 0 Å². The molecule has 2 atom stereocenters. The predicted molar refractivity (Wildman–Crippen MR) is 90.1 cm³/mol. The number of hydrogen-bond acceptors (Lipinski definition) is 2. The fourth-order valence-electron chi connectivity index (χ4n) is 2.25. The highest BCUT2D eigenvalue weighted by Gasteiger charge is 2.39. The summed E-state index contributed by atoms with van der Waals surface area (Å²) in [6.45, 7) is 11.7. The Morgan fingerprint density at radius 3 is 2.06 bits per heavy atom. The standard InChI is InChI=1S/C13H31NOP2Si/c1-13(2,3)18(5,6)15-12-9-7-11(8-10-12)14(4)17-16/h11-12,17H,7-10,16H2,1-6H3. The Kier molecular flexibility index (Phi) is 6.28. The fraction of sp³-hybridized carbons (Fsp3) is 1.00. The third-order valence-corrected chi connectivity index (χ3v) is 11.2. The zero-order valence-corrected chi connectivity index (χ0v) is 16.1. The molecule has 108 valence electrons. The van der Waals surface area contributed by atoms with Crippen LogP contribution in [0.1, 0.15) is 46.5 Å². The molecule has 5 heteroatoms. The van der Waals surface area contributed by atoms with E-state index in [9.17, 15) is 0 Å². The highest BCUT2D eigenvalue weighted by atomic mass is 32.0. The van der Waals surface area contributed by atoms with Gasteiger partial charge < -0.3 is 4.43 Å². The van der Waals surface area contributed by atoms with Gasteiger partial charge in [0, 0.05) is 12.1 Å². The quantitative estimate of drug-likeness (QED) is 0.554. The van der Waals surface area contributed by atoms with Crippen molar-refractivity contribution in [3.05, 3.63) is 0 Å². The van der Waals surface area contributed by atoms with Crippen molar-refractivity contribution in [1.82, 2.24) is 4.67 Å². The maximum Gasteiger partial charge on any atom is 0.192 e. The van der Waals surface area contributed by atoms with Crippen LogP contribution in [0.4, 0.5) is 0 Å². The van der Waals surface area contributed by atoms with Gasteiger partial charge in [-0.1, -0.05) is 29.7 Å². The van der Waals surface area contributed by atoms with Crippen LogP contribution in [0.2, 0.25) is 18.1 Å². The van der Waals surface area contributed by atoms with Crippen molar-refractivity contribution in [2.24, 2.45) is 0 Å². The van der Waals surface area contributed by atoms with E-state index < -0.39 is 8.32 Å². The summed E-state index contributed by atoms with van der Waals surface area (Å²) in [4.78, 5) is 0. The molecule has 1 aliphatic carbocycles. The number of nitrogens with zero attached hydrogens (tertiary/aromatic N) is 1. The molecule has 1 rings (SSSR count). The van der Waals surface area contributed by atoms with Gasteiger partial charge in [0.05, 0.1) is 0 Å². The molecule has 2 nitrogen and oxygen atoms in total. The second kappa shape index (κ2) is 6.63. The van der Waals surface area contributed by atoms with Gasteiger partial charge in [0.15, 0.2) is 8.32 Å². The zero-order valence-electron chi connectivity index (χ0n) is 12.9. The van der Waals surface area contributed by atoms with E-state index in [1.807, 2.05) is 0 Å². The zero-order chi connectivity index (χ0) is 14.0. The van der Waals surface area contributed by atoms with Crippen molar-refractivity contribution in [3.8, 4) is 0 Å². The largest absolute Gasteiger partial charge is 0.414 e. The Bertz CT molecular complexity index is 260. The first-order valence-corrected chi connectivity index (χ1v) is 12.7. The lowest BCUT2D eigenvalue weighted by Crippen LogP contribution is -2.45. The maximum atomic E-state index is 6.52. The molecular formula is C13H31NOP2Si. The molecule has 0 aromatic rings. The fourth-order valence-corrected chi connectivity index (χ4v) is 4.77. The van der Waals surface area contributed by atoms with Crippen LogP contribution < -0.4 is 0 Å². The molecule has 0 radical (unpaired) electrons. The van der Waals surface area contributed by atoms with Gasteiger partial charge in [-0.15, -0.1) is 0 Å². The summed E-state index contributed by atoms with van der Waals surface area (Å²) in [5, 5.41) is 0.335. The molecule has 1 fully saturated rings. The molecule has 0 amide bonds. The molecule has 18 heavy (non-hydrogen) atoms. The highest BCUT2D eigenvalue weighted by molar-refractivity contribution is 8.01. The Labute approximate surface area is 119 Å². The van der Waals surface area contributed by atoms with Gasteiger partial charge in [0.25, 0.3) is 0 Å². The summed E-state index contributed by atoms with van der Waals surface area (Å²) in [5.41, 5.74) is 0. The summed E-state index contributed by atoms with van der Waals surface area (Å²) in [7, 11) is 4.38. The van der Waals surface area contributed by atoms with Crippen molar-refractivity contribution < 1.29 is 4.43 Å². The lowest BCUT2D eigenvalue weighted by Gasteiger charge is -2.42. The molecule has 0 saturated heterocycles. The van der Waals surface area contributed by atoms with Crippen LogP contribution in [-0.2, 0) is 4.43 Å². The molecule has 0 N–H and O–H groups in total. The molecule has 0 bridgehead atoms. The van der Waals surface area contributed by atoms with Crippen LogP contribution in [0.3, 0.4) is 0 Å². The lowest BCUT2D eigenvalue weighted by atomic mass is 9.93. The normalized spacial score (nSPS) is 27.3. The molecule has 0 aromatic heterocycles. The minimum Gasteiger partial charge on any atom is -0.414 e. The van der Waals surface area contributed by atoms with Crippen molar-refractivity contribution >= 4 is 25.7 Å². The summed E-state index contributed by atoms with van der Waals surface area (Å²) in [6, 6.07) is 0.778. The van der Waals surface area contributed by atoms with Gasteiger partial charge in [-0.3, -0.25) is 4.67 Å². The second-order valence-electron chi connectivity index (χ2n) is 7.05. The molecule has 0 spiro atoms. The van der Waals surface area contributed by atoms with E-state index in [-0.39, 0.29) is 0 Å². The smallest absolute Gasteiger partial charge is 0.192 e. The Morgan fingerprint density at radius 2 is 1.67 bits per heavy atom. The van der Waals surface area contributed by atoms with E-state index in [4.69, 9.17) is 4.43 Å². The van der Waals surface area contributed by atoms with E-state index in [2.05, 4.69) is 54.5 Å². The Hall–Kier alpha value is 0.997. The summed E-state index contributed by atoms with van der Waals surface area (Å²) in [5.74, 6) is 0. The average Bonchev–Trinajstić information content (AvgIpc) is 2.27. The summed E-state index contributed by atoms with van der Waals surface area (Å²) >= 11 is 0. The van der Waals surface area contributed by atoms with Gasteiger partial charge in [-0.25, -0.2) is 0 Å². The minimum absolute atomic E-state index is 0.335. The first kappa shape index (κ1) is 17.0. The Balaban J connectivity index is 2.45. The first-order chi connectivity index (χ1) is 8.17. The molecular weight excluding hydrogens is 276 g/mol. The Morgan fingerprint density at radius 1 is 1.17 bits per heavy atom. The molecule has 0 aromatic carbocycles. The van der Waals surface area contributed by atoms with Crippen LogP contribution in [-0.4, -0.2) is 32.2 Å². The molecule has 1 saturated carbocycles. The number of rotatable bonds is 4. The lowest BCUT2D eigenvalue weighted by molar-refractivity contribution is 0.113. The van der Waals surface area contributed by atoms with E-state index in [0.29, 0.717) is 11.1 Å². The van der Waals surface area contributed by atoms with Gasteiger partial charge in [0.2, 0.25) is 0 Å². The van der Waals surface area contributed by atoms with Crippen LogP contribution in [0.25, 0.3) is 0 Å². The van der Waals surface area contributed by atoms with Gasteiger partial charge in [-0.05, 0) is 59.3 Å². The second-order valence-corrected chi connectivity index (χ2v) is 13.5. The number of hydrogen-bond donors (Lipinski definition) is 0. The van der Waals surface area contributed by atoms with E-state index in [1.165, 1.54) is 25.7 Å². The van der Waals surface area contributed by atoms with Gasteiger partial charge in [0.1, 0.15) is 0 Å². The summed E-state index contributed by atoms with van der Waals surface area (Å²) in [6.07, 6.45) is 5.62. The minimum atomic E-state index is -1.57. The van der Waals surface area contributed by atoms with Crippen LogP contribution >= 0.6 is 17.3 Å².